The van der Waals surface area contributed by atoms with E-state index in [4.69, 9.17) is 15.9 Å². The molecule has 1 saturated heterocycles. The van der Waals surface area contributed by atoms with Gasteiger partial charge in [0.2, 0.25) is 0 Å². The zero-order valence-corrected chi connectivity index (χ0v) is 19.5. The highest BCUT2D eigenvalue weighted by atomic mass is 16.6. The van der Waals surface area contributed by atoms with Gasteiger partial charge in [-0.1, -0.05) is 0 Å². The second-order valence-electron chi connectivity index (χ2n) is 9.66. The summed E-state index contributed by atoms with van der Waals surface area (Å²) in [5, 5.41) is 14.1. The van der Waals surface area contributed by atoms with E-state index < -0.39 is 23.4 Å². The third-order valence-electron chi connectivity index (χ3n) is 4.65. The largest absolute Gasteiger partial charge is 0.444 e. The minimum Gasteiger partial charge on any atom is -0.444 e. The number of terminal acetylenes is 1. The average Bonchev–Trinajstić information content (AvgIpc) is 3.18. The summed E-state index contributed by atoms with van der Waals surface area (Å²) in [5.74, 6) is 2.65. The molecule has 0 radical (unpaired) electrons. The summed E-state index contributed by atoms with van der Waals surface area (Å²) in [7, 11) is 1.51. The first-order valence-electron chi connectivity index (χ1n) is 10.1. The number of hydrogen-bond donors (Lipinski definition) is 0. The standard InChI is InChI=1S/C22H31N5O4/c1-10-17-16(12-23)18(25(9)19(28)30-21(3,4)5)27(24-17)15-11-14(2)26(13-15)20(29)31-22(6,7)8/h1,14-15H,11,13H2,2-9H3/t14-,15?/m0/s1. The first-order valence-corrected chi connectivity index (χ1v) is 10.1. The van der Waals surface area contributed by atoms with Crippen LogP contribution >= 0.6 is 0 Å². The SMILES string of the molecule is C#Cc1nn(C2C[C@H](C)N(C(=O)OC(C)(C)C)C2)c(N(C)C(=O)OC(C)(C)C)c1C#N. The first kappa shape index (κ1) is 24.1. The van der Waals surface area contributed by atoms with E-state index in [9.17, 15) is 14.9 Å². The Morgan fingerprint density at radius 3 is 2.26 bits per heavy atom. The average molecular weight is 430 g/mol. The fourth-order valence-electron chi connectivity index (χ4n) is 3.38. The van der Waals surface area contributed by atoms with Gasteiger partial charge >= 0.3 is 12.2 Å². The number of amides is 2. The number of anilines is 1. The van der Waals surface area contributed by atoms with Gasteiger partial charge in [-0.25, -0.2) is 14.3 Å². The number of rotatable bonds is 2. The summed E-state index contributed by atoms with van der Waals surface area (Å²) < 4.78 is 12.5. The highest BCUT2D eigenvalue weighted by Gasteiger charge is 2.39. The fraction of sp³-hybridized carbons (Fsp3) is 0.636. The van der Waals surface area contributed by atoms with Crippen molar-refractivity contribution in [3.8, 4) is 18.4 Å². The Balaban J connectivity index is 2.43. The van der Waals surface area contributed by atoms with E-state index in [1.54, 1.807) is 30.4 Å². The van der Waals surface area contributed by atoms with Crippen LogP contribution in [-0.4, -0.2) is 57.7 Å². The molecule has 1 aromatic heterocycles. The van der Waals surface area contributed by atoms with Crippen LogP contribution in [0.1, 0.15) is 72.2 Å². The number of nitrogens with zero attached hydrogens (tertiary/aromatic N) is 5. The molecule has 1 fully saturated rings. The van der Waals surface area contributed by atoms with Crippen molar-refractivity contribution < 1.29 is 19.1 Å². The smallest absolute Gasteiger partial charge is 0.415 e. The van der Waals surface area contributed by atoms with E-state index in [-0.39, 0.29) is 29.2 Å². The second-order valence-corrected chi connectivity index (χ2v) is 9.66. The van der Waals surface area contributed by atoms with Gasteiger partial charge in [0, 0.05) is 19.6 Å². The Hall–Kier alpha value is -3.20. The van der Waals surface area contributed by atoms with Crippen molar-refractivity contribution in [2.75, 3.05) is 18.5 Å². The monoisotopic (exact) mass is 429 g/mol. The number of ether oxygens (including phenoxy) is 2. The molecular weight excluding hydrogens is 398 g/mol. The number of hydrogen-bond acceptors (Lipinski definition) is 6. The van der Waals surface area contributed by atoms with E-state index >= 15 is 0 Å². The molecule has 9 heteroatoms. The lowest BCUT2D eigenvalue weighted by molar-refractivity contribution is 0.0233. The zero-order valence-electron chi connectivity index (χ0n) is 19.5. The van der Waals surface area contributed by atoms with Crippen LogP contribution in [0, 0.1) is 23.7 Å². The maximum atomic E-state index is 12.7. The minimum atomic E-state index is -0.715. The van der Waals surface area contributed by atoms with Gasteiger partial charge < -0.3 is 14.4 Å². The number of carbonyl (C=O) groups is 2. The van der Waals surface area contributed by atoms with Crippen molar-refractivity contribution in [3.05, 3.63) is 11.3 Å². The van der Waals surface area contributed by atoms with E-state index in [1.165, 1.54) is 11.9 Å². The van der Waals surface area contributed by atoms with Crippen molar-refractivity contribution in [2.24, 2.45) is 0 Å². The van der Waals surface area contributed by atoms with E-state index in [2.05, 4.69) is 17.1 Å². The van der Waals surface area contributed by atoms with Crippen LogP contribution in [-0.2, 0) is 9.47 Å². The summed E-state index contributed by atoms with van der Waals surface area (Å²) in [4.78, 5) is 28.2. The minimum absolute atomic E-state index is 0.110. The Morgan fingerprint density at radius 1 is 1.19 bits per heavy atom. The van der Waals surface area contributed by atoms with E-state index in [0.29, 0.717) is 13.0 Å². The van der Waals surface area contributed by atoms with Crippen LogP contribution in [0.5, 0.6) is 0 Å². The fourth-order valence-corrected chi connectivity index (χ4v) is 3.38. The molecule has 0 aromatic carbocycles. The maximum Gasteiger partial charge on any atom is 0.415 e. The highest BCUT2D eigenvalue weighted by Crippen LogP contribution is 2.34. The number of aromatic nitrogens is 2. The number of likely N-dealkylation sites (tertiary alicyclic amines) is 1. The molecule has 2 amide bonds. The molecule has 0 saturated carbocycles. The normalized spacial score (nSPS) is 18.8. The molecule has 2 atom stereocenters. The van der Waals surface area contributed by atoms with Crippen LogP contribution in [0.4, 0.5) is 15.4 Å². The molecule has 1 unspecified atom stereocenters. The zero-order chi connectivity index (χ0) is 23.7. The first-order chi connectivity index (χ1) is 14.2. The Bertz CT molecular complexity index is 939. The highest BCUT2D eigenvalue weighted by molar-refractivity contribution is 5.88. The van der Waals surface area contributed by atoms with Crippen molar-refractivity contribution >= 4 is 18.0 Å². The van der Waals surface area contributed by atoms with Gasteiger partial charge in [0.15, 0.2) is 11.5 Å². The molecule has 31 heavy (non-hydrogen) atoms. The van der Waals surface area contributed by atoms with Crippen molar-refractivity contribution in [3.63, 3.8) is 0 Å². The van der Waals surface area contributed by atoms with Crippen molar-refractivity contribution in [1.29, 1.82) is 5.26 Å². The van der Waals surface area contributed by atoms with Crippen molar-refractivity contribution in [2.45, 2.75) is 78.2 Å². The van der Waals surface area contributed by atoms with Crippen LogP contribution in [0.15, 0.2) is 0 Å². The molecule has 1 aliphatic heterocycles. The van der Waals surface area contributed by atoms with Gasteiger partial charge in [-0.05, 0) is 60.8 Å². The second kappa shape index (κ2) is 8.50. The Morgan fingerprint density at radius 2 is 1.77 bits per heavy atom. The van der Waals surface area contributed by atoms with Gasteiger partial charge in [-0.3, -0.25) is 4.90 Å². The van der Waals surface area contributed by atoms with Gasteiger partial charge in [0.05, 0.1) is 6.04 Å². The predicted molar refractivity (Wildman–Crippen MR) is 116 cm³/mol. The maximum absolute atomic E-state index is 12.7. The molecule has 1 aromatic rings. The molecule has 168 valence electrons. The van der Waals surface area contributed by atoms with Crippen LogP contribution in [0.3, 0.4) is 0 Å². The molecule has 0 bridgehead atoms. The molecule has 0 N–H and O–H groups in total. The van der Waals surface area contributed by atoms with Crippen molar-refractivity contribution in [1.82, 2.24) is 14.7 Å². The molecule has 2 rings (SSSR count). The van der Waals surface area contributed by atoms with Gasteiger partial charge in [0.25, 0.3) is 0 Å². The van der Waals surface area contributed by atoms with Crippen LogP contribution in [0.25, 0.3) is 0 Å². The third-order valence-corrected chi connectivity index (χ3v) is 4.65. The molecule has 0 aliphatic carbocycles. The van der Waals surface area contributed by atoms with Crippen LogP contribution < -0.4 is 4.90 Å². The van der Waals surface area contributed by atoms with Gasteiger partial charge in [-0.2, -0.15) is 10.4 Å². The number of nitriles is 1. The Kier molecular flexibility index (Phi) is 6.60. The lowest BCUT2D eigenvalue weighted by Crippen LogP contribution is -2.39. The lowest BCUT2D eigenvalue weighted by atomic mass is 10.2. The number of carbonyl (C=O) groups excluding carboxylic acids is 2. The topological polar surface area (TPSA) is 101 Å². The summed E-state index contributed by atoms with van der Waals surface area (Å²) in [6.45, 7) is 12.9. The quantitative estimate of drug-likeness (QED) is 0.665. The van der Waals surface area contributed by atoms with Crippen LogP contribution in [0.2, 0.25) is 0 Å². The van der Waals surface area contributed by atoms with E-state index in [0.717, 1.165) is 0 Å². The lowest BCUT2D eigenvalue weighted by Gasteiger charge is -2.27. The summed E-state index contributed by atoms with van der Waals surface area (Å²) in [6, 6.07) is 1.64. The molecule has 1 aliphatic rings. The third kappa shape index (κ3) is 5.49. The predicted octanol–water partition coefficient (Wildman–Crippen LogP) is 3.68. The molecule has 2 heterocycles. The summed E-state index contributed by atoms with van der Waals surface area (Å²) in [5.41, 5.74) is -1.09. The molecule has 0 spiro atoms. The summed E-state index contributed by atoms with van der Waals surface area (Å²) >= 11 is 0. The van der Waals surface area contributed by atoms with E-state index in [1.807, 2.05) is 27.7 Å². The Labute approximate surface area is 183 Å². The van der Waals surface area contributed by atoms with Gasteiger partial charge in [-0.15, -0.1) is 6.42 Å². The van der Waals surface area contributed by atoms with Gasteiger partial charge in [0.1, 0.15) is 22.8 Å². The molecule has 9 nitrogen and oxygen atoms in total. The molecular formula is C22H31N5O4. The summed E-state index contributed by atoms with van der Waals surface area (Å²) in [6.07, 6.45) is 5.06.